The van der Waals surface area contributed by atoms with E-state index >= 15 is 0 Å². The maximum Gasteiger partial charge on any atom is 0.161 e. The molecule has 1 aliphatic carbocycles. The molecule has 0 heterocycles. The Morgan fingerprint density at radius 3 is 3.00 bits per heavy atom. The van der Waals surface area contributed by atoms with Crippen molar-refractivity contribution in [3.05, 3.63) is 39.9 Å². The van der Waals surface area contributed by atoms with Crippen molar-refractivity contribution in [2.45, 2.75) is 26.2 Å². The molecule has 0 amide bonds. The van der Waals surface area contributed by atoms with Crippen LogP contribution in [0.5, 0.6) is 0 Å². The quantitative estimate of drug-likeness (QED) is 0.703. The van der Waals surface area contributed by atoms with Crippen molar-refractivity contribution in [3.8, 4) is 0 Å². The van der Waals surface area contributed by atoms with Gasteiger partial charge in [-0.15, -0.1) is 0 Å². The molecular formula is C14H15BrO. The van der Waals surface area contributed by atoms with Crippen LogP contribution in [-0.4, -0.2) is 5.78 Å². The van der Waals surface area contributed by atoms with E-state index in [1.165, 1.54) is 0 Å². The summed E-state index contributed by atoms with van der Waals surface area (Å²) >= 11 is 3.44. The normalized spacial score (nSPS) is 23.8. The molecule has 1 nitrogen and oxygen atoms in total. The van der Waals surface area contributed by atoms with E-state index < -0.39 is 0 Å². The van der Waals surface area contributed by atoms with Gasteiger partial charge in [-0.3, -0.25) is 4.79 Å². The van der Waals surface area contributed by atoms with Crippen LogP contribution in [0.3, 0.4) is 0 Å². The number of hydrogen-bond acceptors (Lipinski definition) is 1. The number of rotatable bonds is 1. The van der Waals surface area contributed by atoms with E-state index in [1.807, 2.05) is 37.3 Å². The largest absolute Gasteiger partial charge is 0.294 e. The molecule has 1 saturated carbocycles. The summed E-state index contributed by atoms with van der Waals surface area (Å²) in [6, 6.07) is 8.06. The molecule has 0 aromatic heterocycles. The fraction of sp³-hybridized carbons (Fsp3) is 0.357. The lowest BCUT2D eigenvalue weighted by Crippen LogP contribution is -2.18. The summed E-state index contributed by atoms with van der Waals surface area (Å²) in [5.41, 5.74) is 2.09. The Morgan fingerprint density at radius 1 is 1.44 bits per heavy atom. The Hall–Kier alpha value is -0.890. The summed E-state index contributed by atoms with van der Waals surface area (Å²) in [7, 11) is 0. The summed E-state index contributed by atoms with van der Waals surface area (Å²) in [5, 5.41) is 0. The second-order valence-corrected chi connectivity index (χ2v) is 5.30. The fourth-order valence-electron chi connectivity index (χ4n) is 2.11. The second kappa shape index (κ2) is 4.96. The number of carbonyl (C=O) groups excluding carboxylic acids is 1. The van der Waals surface area contributed by atoms with Gasteiger partial charge in [0.2, 0.25) is 0 Å². The first-order valence-corrected chi connectivity index (χ1v) is 6.46. The van der Waals surface area contributed by atoms with Gasteiger partial charge in [0.15, 0.2) is 5.78 Å². The van der Waals surface area contributed by atoms with Crippen molar-refractivity contribution >= 4 is 27.8 Å². The van der Waals surface area contributed by atoms with Gasteiger partial charge >= 0.3 is 0 Å². The molecule has 2 heteroatoms. The van der Waals surface area contributed by atoms with Crippen LogP contribution in [0.25, 0.3) is 6.08 Å². The summed E-state index contributed by atoms with van der Waals surface area (Å²) in [6.45, 7) is 2.02. The van der Waals surface area contributed by atoms with Crippen LogP contribution >= 0.6 is 15.9 Å². The zero-order chi connectivity index (χ0) is 11.5. The molecule has 84 valence electrons. The number of allylic oxidation sites excluding steroid dienone is 1. The molecule has 1 aromatic carbocycles. The zero-order valence-corrected chi connectivity index (χ0v) is 11.0. The summed E-state index contributed by atoms with van der Waals surface area (Å²) in [4.78, 5) is 11.9. The van der Waals surface area contributed by atoms with Crippen molar-refractivity contribution in [1.82, 2.24) is 0 Å². The Kier molecular flexibility index (Phi) is 3.59. The van der Waals surface area contributed by atoms with Crippen molar-refractivity contribution < 1.29 is 4.79 Å². The van der Waals surface area contributed by atoms with Gasteiger partial charge in [0.25, 0.3) is 0 Å². The predicted octanol–water partition coefficient (Wildman–Crippen LogP) is 4.22. The predicted molar refractivity (Wildman–Crippen MR) is 70.1 cm³/mol. The molecule has 1 fully saturated rings. The average Bonchev–Trinajstić information content (AvgIpc) is 2.25. The smallest absolute Gasteiger partial charge is 0.161 e. The molecule has 0 bridgehead atoms. The standard InChI is InChI=1S/C14H15BrO/c1-10-4-2-6-12(14(10)16)8-11-5-3-7-13(15)9-11/h3,5,7-10H,2,4,6H2,1H3/b12-8+/t10-/m0/s1. The minimum atomic E-state index is 0.201. The molecule has 2 rings (SSSR count). The summed E-state index contributed by atoms with van der Waals surface area (Å²) < 4.78 is 1.05. The minimum Gasteiger partial charge on any atom is -0.294 e. The maximum atomic E-state index is 11.9. The number of carbonyl (C=O) groups is 1. The highest BCUT2D eigenvalue weighted by molar-refractivity contribution is 9.10. The molecular weight excluding hydrogens is 264 g/mol. The van der Waals surface area contributed by atoms with Crippen molar-refractivity contribution in [3.63, 3.8) is 0 Å². The van der Waals surface area contributed by atoms with Gasteiger partial charge in [-0.25, -0.2) is 0 Å². The van der Waals surface area contributed by atoms with Gasteiger partial charge in [0, 0.05) is 10.4 Å². The molecule has 0 unspecified atom stereocenters. The van der Waals surface area contributed by atoms with Gasteiger partial charge in [0.05, 0.1) is 0 Å². The summed E-state index contributed by atoms with van der Waals surface area (Å²) in [5.74, 6) is 0.526. The first-order valence-electron chi connectivity index (χ1n) is 5.67. The maximum absolute atomic E-state index is 11.9. The SMILES string of the molecule is C[C@H]1CCC/C(=C\c2cccc(Br)c2)C1=O. The number of benzene rings is 1. The third-order valence-corrected chi connectivity index (χ3v) is 3.53. The molecule has 0 saturated heterocycles. The van der Waals surface area contributed by atoms with E-state index in [9.17, 15) is 4.79 Å². The molecule has 0 aliphatic heterocycles. The fourth-order valence-corrected chi connectivity index (χ4v) is 2.53. The number of halogens is 1. The highest BCUT2D eigenvalue weighted by Crippen LogP contribution is 2.26. The lowest BCUT2D eigenvalue weighted by molar-refractivity contribution is -0.119. The van der Waals surface area contributed by atoms with Crippen LogP contribution in [0.1, 0.15) is 31.7 Å². The lowest BCUT2D eigenvalue weighted by Gasteiger charge is -2.19. The molecule has 1 aromatic rings. The second-order valence-electron chi connectivity index (χ2n) is 4.38. The minimum absolute atomic E-state index is 0.201. The van der Waals surface area contributed by atoms with Crippen molar-refractivity contribution in [2.75, 3.05) is 0 Å². The Morgan fingerprint density at radius 2 is 2.25 bits per heavy atom. The van der Waals surface area contributed by atoms with Gasteiger partial charge in [-0.1, -0.05) is 35.0 Å². The van der Waals surface area contributed by atoms with Crippen LogP contribution in [0.4, 0.5) is 0 Å². The average molecular weight is 279 g/mol. The summed E-state index contributed by atoms with van der Waals surface area (Å²) in [6.07, 6.45) is 5.12. The Balaban J connectivity index is 2.26. The van der Waals surface area contributed by atoms with Crippen LogP contribution in [-0.2, 0) is 4.79 Å². The first-order chi connectivity index (χ1) is 7.66. The van der Waals surface area contributed by atoms with Crippen molar-refractivity contribution in [1.29, 1.82) is 0 Å². The zero-order valence-electron chi connectivity index (χ0n) is 9.37. The Labute approximate surface area is 105 Å². The molecule has 0 radical (unpaired) electrons. The lowest BCUT2D eigenvalue weighted by atomic mass is 9.84. The highest BCUT2D eigenvalue weighted by atomic mass is 79.9. The van der Waals surface area contributed by atoms with Gasteiger partial charge in [-0.2, -0.15) is 0 Å². The van der Waals surface area contributed by atoms with E-state index in [2.05, 4.69) is 15.9 Å². The van der Waals surface area contributed by atoms with E-state index in [-0.39, 0.29) is 5.92 Å². The van der Waals surface area contributed by atoms with Crippen LogP contribution in [0, 0.1) is 5.92 Å². The van der Waals surface area contributed by atoms with E-state index in [0.717, 1.165) is 34.9 Å². The van der Waals surface area contributed by atoms with Gasteiger partial charge < -0.3 is 0 Å². The van der Waals surface area contributed by atoms with Crippen LogP contribution in [0.15, 0.2) is 34.3 Å². The van der Waals surface area contributed by atoms with Crippen molar-refractivity contribution in [2.24, 2.45) is 5.92 Å². The third-order valence-electron chi connectivity index (χ3n) is 3.04. The molecule has 1 aliphatic rings. The van der Waals surface area contributed by atoms with Gasteiger partial charge in [0.1, 0.15) is 0 Å². The molecule has 16 heavy (non-hydrogen) atoms. The van der Waals surface area contributed by atoms with Gasteiger partial charge in [-0.05, 0) is 48.6 Å². The van der Waals surface area contributed by atoms with E-state index in [1.54, 1.807) is 0 Å². The number of hydrogen-bond donors (Lipinski definition) is 0. The number of Topliss-reactive ketones (excluding diaryl/α,β-unsaturated/α-hetero) is 1. The first kappa shape index (κ1) is 11.6. The topological polar surface area (TPSA) is 17.1 Å². The van der Waals surface area contributed by atoms with E-state index in [0.29, 0.717) is 5.78 Å². The Bertz CT molecular complexity index is 434. The third kappa shape index (κ3) is 2.62. The van der Waals surface area contributed by atoms with Crippen LogP contribution < -0.4 is 0 Å². The molecule has 0 spiro atoms. The van der Waals surface area contributed by atoms with Crippen LogP contribution in [0.2, 0.25) is 0 Å². The van der Waals surface area contributed by atoms with E-state index in [4.69, 9.17) is 0 Å². The highest BCUT2D eigenvalue weighted by Gasteiger charge is 2.22. The number of ketones is 1. The molecule has 1 atom stereocenters. The molecule has 0 N–H and O–H groups in total. The monoisotopic (exact) mass is 278 g/mol.